The second-order valence-electron chi connectivity index (χ2n) is 4.99. The molecule has 1 nitrogen and oxygen atoms in total. The molecule has 1 atom stereocenters. The first-order valence-electron chi connectivity index (χ1n) is 6.95. The van der Waals surface area contributed by atoms with Crippen LogP contribution in [-0.2, 0) is 6.42 Å². The van der Waals surface area contributed by atoms with E-state index in [0.29, 0.717) is 17.0 Å². The van der Waals surface area contributed by atoms with Crippen LogP contribution in [0.3, 0.4) is 0 Å². The Hall–Kier alpha value is -1.09. The van der Waals surface area contributed by atoms with Crippen LogP contribution in [0.15, 0.2) is 36.4 Å². The lowest BCUT2D eigenvalue weighted by Gasteiger charge is -2.21. The first-order valence-corrected chi connectivity index (χ1v) is 7.71. The van der Waals surface area contributed by atoms with E-state index in [-0.39, 0.29) is 11.9 Å². The summed E-state index contributed by atoms with van der Waals surface area (Å²) >= 11 is 12.5. The molecule has 0 bridgehead atoms. The summed E-state index contributed by atoms with van der Waals surface area (Å²) in [6, 6.07) is 10.6. The van der Waals surface area contributed by atoms with Gasteiger partial charge in [0.25, 0.3) is 0 Å². The van der Waals surface area contributed by atoms with Crippen molar-refractivity contribution in [1.29, 1.82) is 0 Å². The van der Waals surface area contributed by atoms with E-state index in [1.54, 1.807) is 12.1 Å². The summed E-state index contributed by atoms with van der Waals surface area (Å²) in [4.78, 5) is 0. The lowest BCUT2D eigenvalue weighted by Crippen LogP contribution is -2.24. The van der Waals surface area contributed by atoms with Crippen molar-refractivity contribution in [2.45, 2.75) is 26.3 Å². The lowest BCUT2D eigenvalue weighted by molar-refractivity contribution is 0.528. The van der Waals surface area contributed by atoms with E-state index in [1.165, 1.54) is 6.07 Å². The van der Waals surface area contributed by atoms with Crippen LogP contribution in [0.5, 0.6) is 0 Å². The summed E-state index contributed by atoms with van der Waals surface area (Å²) in [5.74, 6) is -0.283. The standard InChI is InChI=1S/C17H18Cl2FN/c1-3-21-16(12-7-4-6-11(2)17(12)19)10-13-14(18)8-5-9-15(13)20/h4-9,16,21H,3,10H2,1-2H3. The van der Waals surface area contributed by atoms with Crippen molar-refractivity contribution in [1.82, 2.24) is 5.32 Å². The fourth-order valence-electron chi connectivity index (χ4n) is 2.41. The highest BCUT2D eigenvalue weighted by atomic mass is 35.5. The van der Waals surface area contributed by atoms with Gasteiger partial charge >= 0.3 is 0 Å². The van der Waals surface area contributed by atoms with Crippen LogP contribution < -0.4 is 5.32 Å². The summed E-state index contributed by atoms with van der Waals surface area (Å²) in [6.45, 7) is 4.74. The number of likely N-dealkylation sites (N-methyl/N-ethyl adjacent to an activating group) is 1. The van der Waals surface area contributed by atoms with Crippen LogP contribution >= 0.6 is 23.2 Å². The Kier molecular flexibility index (Phi) is 5.63. The van der Waals surface area contributed by atoms with Gasteiger partial charge in [-0.25, -0.2) is 4.39 Å². The van der Waals surface area contributed by atoms with Gasteiger partial charge in [0.05, 0.1) is 0 Å². The van der Waals surface area contributed by atoms with E-state index in [4.69, 9.17) is 23.2 Å². The zero-order valence-electron chi connectivity index (χ0n) is 12.1. The predicted molar refractivity (Wildman–Crippen MR) is 87.7 cm³/mol. The van der Waals surface area contributed by atoms with Crippen molar-refractivity contribution in [2.24, 2.45) is 0 Å². The topological polar surface area (TPSA) is 12.0 Å². The zero-order valence-corrected chi connectivity index (χ0v) is 13.6. The third kappa shape index (κ3) is 3.76. The van der Waals surface area contributed by atoms with E-state index in [1.807, 2.05) is 32.0 Å². The molecule has 2 aromatic rings. The Morgan fingerprint density at radius 1 is 1.14 bits per heavy atom. The Balaban J connectivity index is 2.38. The number of rotatable bonds is 5. The summed E-state index contributed by atoms with van der Waals surface area (Å²) in [6.07, 6.45) is 0.461. The van der Waals surface area contributed by atoms with Gasteiger partial charge < -0.3 is 5.32 Å². The highest BCUT2D eigenvalue weighted by Crippen LogP contribution is 2.31. The van der Waals surface area contributed by atoms with Gasteiger partial charge in [-0.1, -0.05) is 54.4 Å². The lowest BCUT2D eigenvalue weighted by atomic mass is 9.97. The predicted octanol–water partition coefficient (Wildman–Crippen LogP) is 5.33. The molecule has 0 aromatic heterocycles. The molecule has 0 aliphatic rings. The van der Waals surface area contributed by atoms with Crippen molar-refractivity contribution in [2.75, 3.05) is 6.54 Å². The molecule has 2 aromatic carbocycles. The van der Waals surface area contributed by atoms with Crippen LogP contribution in [-0.4, -0.2) is 6.54 Å². The van der Waals surface area contributed by atoms with Crippen LogP contribution in [0.1, 0.15) is 29.7 Å². The van der Waals surface area contributed by atoms with Gasteiger partial charge in [-0.3, -0.25) is 0 Å². The number of hydrogen-bond acceptors (Lipinski definition) is 1. The molecule has 0 spiro atoms. The van der Waals surface area contributed by atoms with Gasteiger partial charge in [0.15, 0.2) is 0 Å². The third-order valence-corrected chi connectivity index (χ3v) is 4.39. The van der Waals surface area contributed by atoms with Gasteiger partial charge in [-0.2, -0.15) is 0 Å². The molecule has 1 N–H and O–H groups in total. The number of hydrogen-bond donors (Lipinski definition) is 1. The van der Waals surface area contributed by atoms with Gasteiger partial charge in [-0.05, 0) is 43.1 Å². The van der Waals surface area contributed by atoms with Crippen molar-refractivity contribution >= 4 is 23.2 Å². The molecule has 0 amide bonds. The number of aryl methyl sites for hydroxylation is 1. The van der Waals surface area contributed by atoms with Crippen LogP contribution in [0.25, 0.3) is 0 Å². The minimum absolute atomic E-state index is 0.0724. The average molecular weight is 326 g/mol. The first kappa shape index (κ1) is 16.3. The molecular formula is C17H18Cl2FN. The summed E-state index contributed by atoms with van der Waals surface area (Å²) in [5.41, 5.74) is 2.50. The fourth-order valence-corrected chi connectivity index (χ4v) is 2.91. The monoisotopic (exact) mass is 325 g/mol. The quantitative estimate of drug-likeness (QED) is 0.782. The smallest absolute Gasteiger partial charge is 0.127 e. The maximum absolute atomic E-state index is 14.0. The second kappa shape index (κ2) is 7.26. The summed E-state index contributed by atoms with van der Waals surface area (Å²) < 4.78 is 14.0. The molecule has 2 rings (SSSR count). The number of nitrogens with one attached hydrogen (secondary N) is 1. The van der Waals surface area contributed by atoms with Crippen molar-refractivity contribution in [3.8, 4) is 0 Å². The number of halogens is 3. The van der Waals surface area contributed by atoms with Crippen molar-refractivity contribution < 1.29 is 4.39 Å². The molecule has 0 fully saturated rings. The van der Waals surface area contributed by atoms with E-state index in [9.17, 15) is 4.39 Å². The maximum atomic E-state index is 14.0. The summed E-state index contributed by atoms with van der Waals surface area (Å²) in [5, 5.41) is 4.52. The Labute approximate surface area is 135 Å². The minimum Gasteiger partial charge on any atom is -0.310 e. The molecule has 1 unspecified atom stereocenters. The molecule has 112 valence electrons. The molecule has 21 heavy (non-hydrogen) atoms. The Bertz CT molecular complexity index is 608. The molecule has 0 saturated carbocycles. The fraction of sp³-hybridized carbons (Fsp3) is 0.294. The summed E-state index contributed by atoms with van der Waals surface area (Å²) in [7, 11) is 0. The SMILES string of the molecule is CCNC(Cc1c(F)cccc1Cl)c1cccc(C)c1Cl. The van der Waals surface area contributed by atoms with Gasteiger partial charge in [0, 0.05) is 21.7 Å². The van der Waals surface area contributed by atoms with E-state index in [2.05, 4.69) is 5.32 Å². The minimum atomic E-state index is -0.283. The highest BCUT2D eigenvalue weighted by Gasteiger charge is 2.18. The van der Waals surface area contributed by atoms with Gasteiger partial charge in [-0.15, -0.1) is 0 Å². The maximum Gasteiger partial charge on any atom is 0.127 e. The van der Waals surface area contributed by atoms with E-state index >= 15 is 0 Å². The van der Waals surface area contributed by atoms with Crippen LogP contribution in [0.4, 0.5) is 4.39 Å². The third-order valence-electron chi connectivity index (χ3n) is 3.52. The number of benzene rings is 2. The van der Waals surface area contributed by atoms with Gasteiger partial charge in [0.1, 0.15) is 5.82 Å². The Morgan fingerprint density at radius 3 is 2.52 bits per heavy atom. The van der Waals surface area contributed by atoms with Crippen molar-refractivity contribution in [3.05, 3.63) is 69.0 Å². The normalized spacial score (nSPS) is 12.4. The van der Waals surface area contributed by atoms with Gasteiger partial charge in [0.2, 0.25) is 0 Å². The zero-order chi connectivity index (χ0) is 15.4. The first-order chi connectivity index (χ1) is 10.0. The molecule has 0 heterocycles. The molecule has 0 radical (unpaired) electrons. The molecule has 0 aliphatic carbocycles. The molecule has 4 heteroatoms. The Morgan fingerprint density at radius 2 is 1.86 bits per heavy atom. The largest absolute Gasteiger partial charge is 0.310 e. The molecule has 0 aliphatic heterocycles. The average Bonchev–Trinajstić information content (AvgIpc) is 2.45. The van der Waals surface area contributed by atoms with E-state index < -0.39 is 0 Å². The highest BCUT2D eigenvalue weighted by molar-refractivity contribution is 6.32. The molecule has 0 saturated heterocycles. The second-order valence-corrected chi connectivity index (χ2v) is 5.78. The van der Waals surface area contributed by atoms with Crippen LogP contribution in [0.2, 0.25) is 10.0 Å². The van der Waals surface area contributed by atoms with Crippen LogP contribution in [0, 0.1) is 12.7 Å². The van der Waals surface area contributed by atoms with Crippen molar-refractivity contribution in [3.63, 3.8) is 0 Å². The molecular weight excluding hydrogens is 308 g/mol. The van der Waals surface area contributed by atoms with E-state index in [0.717, 1.165) is 22.7 Å².